The third kappa shape index (κ3) is 9.40. The van der Waals surface area contributed by atoms with Crippen LogP contribution in [-0.2, 0) is 11.2 Å². The SMILES string of the molecule is C[N+](C)(C)CCCNC(=O)[C@H](Cc1ccccc1)NC(=O)c1ccccc1NC(=O)c1ccc2ccccc2c1.[I-]. The maximum Gasteiger partial charge on any atom is 0.255 e. The van der Waals surface area contributed by atoms with Crippen LogP contribution in [0.15, 0.2) is 97.1 Å². The molecule has 0 radical (unpaired) electrons. The average Bonchev–Trinajstić information content (AvgIpc) is 2.95. The second kappa shape index (κ2) is 14.7. The van der Waals surface area contributed by atoms with Gasteiger partial charge in [0, 0.05) is 24.9 Å². The molecule has 4 aromatic rings. The van der Waals surface area contributed by atoms with Gasteiger partial charge in [-0.2, -0.15) is 0 Å². The highest BCUT2D eigenvalue weighted by Gasteiger charge is 2.24. The summed E-state index contributed by atoms with van der Waals surface area (Å²) in [4.78, 5) is 39.8. The largest absolute Gasteiger partial charge is 1.00 e. The number of hydrogen-bond acceptors (Lipinski definition) is 3. The maximum absolute atomic E-state index is 13.5. The van der Waals surface area contributed by atoms with Gasteiger partial charge in [-0.3, -0.25) is 14.4 Å². The van der Waals surface area contributed by atoms with Crippen molar-refractivity contribution in [3.05, 3.63) is 114 Å². The Morgan fingerprint density at radius 3 is 2.15 bits per heavy atom. The summed E-state index contributed by atoms with van der Waals surface area (Å²) < 4.78 is 0.807. The van der Waals surface area contributed by atoms with Crippen LogP contribution in [0.25, 0.3) is 10.8 Å². The molecular weight excluding hydrogens is 627 g/mol. The molecule has 41 heavy (non-hydrogen) atoms. The standard InChI is InChI=1S/C33H36N4O3.HI/c1-37(2,3)21-11-20-34-33(40)30(22-24-12-5-4-6-13-24)36-32(39)28-16-9-10-17-29(28)35-31(38)27-19-18-25-14-7-8-15-26(25)23-27;/h4-10,12-19,23,30H,11,20-22H2,1-3H3,(H2-,34,35,36,38,39,40);1H/t30-;/m0./s1. The van der Waals surface area contributed by atoms with Gasteiger partial charge in [0.15, 0.2) is 0 Å². The first kappa shape index (κ1) is 31.8. The summed E-state index contributed by atoms with van der Waals surface area (Å²) in [6.07, 6.45) is 1.17. The van der Waals surface area contributed by atoms with Crippen LogP contribution in [0.1, 0.15) is 32.7 Å². The highest BCUT2D eigenvalue weighted by atomic mass is 127. The van der Waals surface area contributed by atoms with E-state index >= 15 is 0 Å². The predicted octanol–water partition coefficient (Wildman–Crippen LogP) is 1.65. The summed E-state index contributed by atoms with van der Waals surface area (Å²) in [6.45, 7) is 1.44. The van der Waals surface area contributed by atoms with Gasteiger partial charge in [-0.25, -0.2) is 0 Å². The van der Waals surface area contributed by atoms with E-state index in [0.29, 0.717) is 24.2 Å². The molecule has 0 bridgehead atoms. The molecule has 0 saturated heterocycles. The lowest BCUT2D eigenvalue weighted by molar-refractivity contribution is -0.870. The zero-order chi connectivity index (χ0) is 28.5. The monoisotopic (exact) mass is 664 g/mol. The van der Waals surface area contributed by atoms with E-state index in [0.717, 1.165) is 33.8 Å². The van der Waals surface area contributed by atoms with E-state index in [9.17, 15) is 14.4 Å². The van der Waals surface area contributed by atoms with Crippen LogP contribution >= 0.6 is 0 Å². The van der Waals surface area contributed by atoms with Crippen molar-refractivity contribution < 1.29 is 42.8 Å². The molecular formula is C33H37IN4O3. The number of halogens is 1. The second-order valence-corrected chi connectivity index (χ2v) is 10.9. The number of carbonyl (C=O) groups excluding carboxylic acids is 3. The molecule has 4 aromatic carbocycles. The summed E-state index contributed by atoms with van der Waals surface area (Å²) in [5.74, 6) is -0.991. The first-order valence-corrected chi connectivity index (χ1v) is 13.5. The van der Waals surface area contributed by atoms with Crippen molar-refractivity contribution in [1.29, 1.82) is 0 Å². The van der Waals surface area contributed by atoms with Crippen LogP contribution in [0.4, 0.5) is 5.69 Å². The number of para-hydroxylation sites is 1. The minimum atomic E-state index is -0.775. The van der Waals surface area contributed by atoms with Gasteiger partial charge in [-0.15, -0.1) is 0 Å². The molecule has 1 atom stereocenters. The van der Waals surface area contributed by atoms with Crippen molar-refractivity contribution in [2.24, 2.45) is 0 Å². The van der Waals surface area contributed by atoms with E-state index in [-0.39, 0.29) is 41.4 Å². The Morgan fingerprint density at radius 1 is 0.756 bits per heavy atom. The van der Waals surface area contributed by atoms with E-state index in [2.05, 4.69) is 37.1 Å². The maximum atomic E-state index is 13.5. The van der Waals surface area contributed by atoms with Gasteiger partial charge in [0.05, 0.1) is 38.9 Å². The molecule has 0 aliphatic carbocycles. The smallest absolute Gasteiger partial charge is 0.255 e. The summed E-state index contributed by atoms with van der Waals surface area (Å²) in [7, 11) is 6.32. The molecule has 0 unspecified atom stereocenters. The summed E-state index contributed by atoms with van der Waals surface area (Å²) in [5.41, 5.74) is 2.09. The normalized spacial score (nSPS) is 11.7. The van der Waals surface area contributed by atoms with Crippen LogP contribution in [0, 0.1) is 0 Å². The van der Waals surface area contributed by atoms with Crippen molar-refractivity contribution in [2.45, 2.75) is 18.9 Å². The first-order chi connectivity index (χ1) is 19.2. The van der Waals surface area contributed by atoms with E-state index in [1.807, 2.05) is 66.7 Å². The first-order valence-electron chi connectivity index (χ1n) is 13.5. The van der Waals surface area contributed by atoms with Crippen LogP contribution < -0.4 is 39.9 Å². The number of benzene rings is 4. The van der Waals surface area contributed by atoms with Gasteiger partial charge in [0.25, 0.3) is 11.8 Å². The molecule has 3 amide bonds. The summed E-state index contributed by atoms with van der Waals surface area (Å²) in [5, 5.41) is 10.8. The number of nitrogens with one attached hydrogen (secondary N) is 3. The van der Waals surface area contributed by atoms with Gasteiger partial charge in [-0.1, -0.05) is 72.8 Å². The molecule has 0 fully saturated rings. The van der Waals surface area contributed by atoms with Crippen LogP contribution in [0.3, 0.4) is 0 Å². The molecule has 3 N–H and O–H groups in total. The zero-order valence-electron chi connectivity index (χ0n) is 23.7. The fraction of sp³-hybridized carbons (Fsp3) is 0.242. The van der Waals surface area contributed by atoms with Gasteiger partial charge >= 0.3 is 0 Å². The van der Waals surface area contributed by atoms with Crippen molar-refractivity contribution in [3.63, 3.8) is 0 Å². The summed E-state index contributed by atoms with van der Waals surface area (Å²) >= 11 is 0. The average molecular weight is 665 g/mol. The third-order valence-electron chi connectivity index (χ3n) is 6.64. The Bertz CT molecular complexity index is 1480. The topological polar surface area (TPSA) is 87.3 Å². The van der Waals surface area contributed by atoms with Crippen molar-refractivity contribution in [3.8, 4) is 0 Å². The van der Waals surface area contributed by atoms with Gasteiger partial charge < -0.3 is 44.4 Å². The van der Waals surface area contributed by atoms with Crippen LogP contribution in [0.2, 0.25) is 0 Å². The number of anilines is 1. The lowest BCUT2D eigenvalue weighted by Crippen LogP contribution is -3.00. The highest BCUT2D eigenvalue weighted by molar-refractivity contribution is 6.10. The lowest BCUT2D eigenvalue weighted by atomic mass is 10.0. The number of nitrogens with zero attached hydrogens (tertiary/aromatic N) is 1. The number of amides is 3. The fourth-order valence-corrected chi connectivity index (χ4v) is 4.50. The molecule has 0 saturated carbocycles. The van der Waals surface area contributed by atoms with Gasteiger partial charge in [0.2, 0.25) is 5.91 Å². The fourth-order valence-electron chi connectivity index (χ4n) is 4.50. The van der Waals surface area contributed by atoms with E-state index in [1.165, 1.54) is 0 Å². The number of rotatable bonds is 11. The Morgan fingerprint density at radius 2 is 1.41 bits per heavy atom. The zero-order valence-corrected chi connectivity index (χ0v) is 25.9. The van der Waals surface area contributed by atoms with Crippen LogP contribution in [-0.4, -0.2) is 62.5 Å². The van der Waals surface area contributed by atoms with E-state index < -0.39 is 11.9 Å². The van der Waals surface area contributed by atoms with Crippen molar-refractivity contribution >= 4 is 34.2 Å². The summed E-state index contributed by atoms with van der Waals surface area (Å²) in [6, 6.07) is 28.9. The Balaban J connectivity index is 0.00000462. The molecule has 7 nitrogen and oxygen atoms in total. The lowest BCUT2D eigenvalue weighted by Gasteiger charge is -2.24. The second-order valence-electron chi connectivity index (χ2n) is 10.9. The minimum Gasteiger partial charge on any atom is -1.00 e. The number of hydrogen-bond donors (Lipinski definition) is 3. The minimum absolute atomic E-state index is 0. The molecule has 8 heteroatoms. The third-order valence-corrected chi connectivity index (χ3v) is 6.64. The predicted molar refractivity (Wildman–Crippen MR) is 160 cm³/mol. The number of quaternary nitrogens is 1. The molecule has 0 aliphatic rings. The van der Waals surface area contributed by atoms with E-state index in [4.69, 9.17) is 0 Å². The Labute approximate surface area is 258 Å². The molecule has 214 valence electrons. The molecule has 0 aromatic heterocycles. The number of fused-ring (bicyclic) bond motifs is 1. The van der Waals surface area contributed by atoms with Gasteiger partial charge in [-0.05, 0) is 40.6 Å². The van der Waals surface area contributed by atoms with Crippen molar-refractivity contribution in [1.82, 2.24) is 10.6 Å². The molecule has 0 aliphatic heterocycles. The Kier molecular flexibility index (Phi) is 11.4. The highest BCUT2D eigenvalue weighted by Crippen LogP contribution is 2.20. The molecule has 0 heterocycles. The molecule has 0 spiro atoms. The number of carbonyl (C=O) groups is 3. The van der Waals surface area contributed by atoms with Crippen LogP contribution in [0.5, 0.6) is 0 Å². The Hall–Kier alpha value is -3.76. The van der Waals surface area contributed by atoms with E-state index in [1.54, 1.807) is 30.3 Å². The molecule has 4 rings (SSSR count). The van der Waals surface area contributed by atoms with Crippen molar-refractivity contribution in [2.75, 3.05) is 39.5 Å². The van der Waals surface area contributed by atoms with Gasteiger partial charge in [0.1, 0.15) is 6.04 Å². The quantitative estimate of drug-likeness (QED) is 0.130.